The van der Waals surface area contributed by atoms with E-state index in [0.29, 0.717) is 28.6 Å². The Kier molecular flexibility index (Phi) is 5.75. The molecule has 0 heterocycles. The summed E-state index contributed by atoms with van der Waals surface area (Å²) in [5, 5.41) is 3.17. The van der Waals surface area contributed by atoms with E-state index in [1.807, 2.05) is 0 Å². The van der Waals surface area contributed by atoms with Crippen molar-refractivity contribution in [2.45, 2.75) is 0 Å². The summed E-state index contributed by atoms with van der Waals surface area (Å²) in [5.41, 5.74) is 6.53. The summed E-state index contributed by atoms with van der Waals surface area (Å²) in [6.45, 7) is 0.577. The minimum Gasteiger partial charge on any atom is -0.398 e. The fourth-order valence-corrected chi connectivity index (χ4v) is 1.83. The van der Waals surface area contributed by atoms with E-state index in [1.165, 1.54) is 0 Å². The number of thioether (sulfide) groups is 1. The second-order valence-electron chi connectivity index (χ2n) is 3.25. The number of hydrogen-bond acceptors (Lipinski definition) is 3. The van der Waals surface area contributed by atoms with Crippen molar-refractivity contribution >= 4 is 35.0 Å². The van der Waals surface area contributed by atoms with Gasteiger partial charge in [-0.1, -0.05) is 17.5 Å². The number of terminal acetylenes is 1. The van der Waals surface area contributed by atoms with E-state index in [1.54, 1.807) is 30.0 Å². The molecule has 17 heavy (non-hydrogen) atoms. The van der Waals surface area contributed by atoms with Crippen molar-refractivity contribution in [1.82, 2.24) is 5.32 Å². The third kappa shape index (κ3) is 4.59. The second kappa shape index (κ2) is 7.10. The fraction of sp³-hybridized carbons (Fsp3) is 0.250. The summed E-state index contributed by atoms with van der Waals surface area (Å²) in [7, 11) is 0. The van der Waals surface area contributed by atoms with Gasteiger partial charge in [-0.05, 0) is 18.2 Å². The topological polar surface area (TPSA) is 55.1 Å². The van der Waals surface area contributed by atoms with E-state index in [-0.39, 0.29) is 5.91 Å². The van der Waals surface area contributed by atoms with Gasteiger partial charge in [-0.3, -0.25) is 4.79 Å². The van der Waals surface area contributed by atoms with Crippen LogP contribution in [0.3, 0.4) is 0 Å². The average Bonchev–Trinajstić information content (AvgIpc) is 2.32. The molecule has 5 heteroatoms. The van der Waals surface area contributed by atoms with Crippen molar-refractivity contribution in [2.24, 2.45) is 0 Å². The van der Waals surface area contributed by atoms with Crippen molar-refractivity contribution in [2.75, 3.05) is 23.8 Å². The molecule has 90 valence electrons. The molecule has 0 aliphatic carbocycles. The number of rotatable bonds is 5. The zero-order chi connectivity index (χ0) is 12.7. The number of hydrogen-bond donors (Lipinski definition) is 2. The zero-order valence-corrected chi connectivity index (χ0v) is 10.8. The number of nitrogens with one attached hydrogen (secondary N) is 1. The van der Waals surface area contributed by atoms with E-state index in [0.717, 1.165) is 5.75 Å². The fourth-order valence-electron chi connectivity index (χ4n) is 1.14. The molecule has 0 radical (unpaired) electrons. The number of nitrogens with two attached hydrogens (primary N) is 1. The van der Waals surface area contributed by atoms with Gasteiger partial charge in [-0.15, -0.1) is 18.2 Å². The molecule has 0 aromatic heterocycles. The number of amides is 1. The highest BCUT2D eigenvalue weighted by molar-refractivity contribution is 7.99. The quantitative estimate of drug-likeness (QED) is 0.488. The summed E-state index contributed by atoms with van der Waals surface area (Å²) < 4.78 is 0. The standard InChI is InChI=1S/C12H13ClN2OS/c1-2-6-17-7-5-15-12(16)9-3-4-11(14)10(13)8-9/h1,3-4,8H,5-7,14H2,(H,15,16). The van der Waals surface area contributed by atoms with Crippen LogP contribution in [-0.4, -0.2) is 24.0 Å². The molecule has 0 saturated heterocycles. The number of nitrogen functional groups attached to an aromatic ring is 1. The molecule has 0 unspecified atom stereocenters. The van der Waals surface area contributed by atoms with Crippen molar-refractivity contribution in [3.63, 3.8) is 0 Å². The molecule has 0 bridgehead atoms. The van der Waals surface area contributed by atoms with Gasteiger partial charge in [-0.2, -0.15) is 0 Å². The minimum absolute atomic E-state index is 0.159. The molecule has 1 rings (SSSR count). The maximum atomic E-state index is 11.7. The Morgan fingerprint density at radius 1 is 1.59 bits per heavy atom. The van der Waals surface area contributed by atoms with Crippen molar-refractivity contribution < 1.29 is 4.79 Å². The Balaban J connectivity index is 2.42. The lowest BCUT2D eigenvalue weighted by atomic mass is 10.2. The summed E-state index contributed by atoms with van der Waals surface area (Å²) in [6.07, 6.45) is 5.11. The second-order valence-corrected chi connectivity index (χ2v) is 4.76. The van der Waals surface area contributed by atoms with Crippen LogP contribution in [0.1, 0.15) is 10.4 Å². The molecule has 3 N–H and O–H groups in total. The first kappa shape index (κ1) is 13.8. The summed E-state index contributed by atoms with van der Waals surface area (Å²) in [4.78, 5) is 11.7. The van der Waals surface area contributed by atoms with Gasteiger partial charge in [-0.25, -0.2) is 0 Å². The lowest BCUT2D eigenvalue weighted by Gasteiger charge is -2.05. The highest BCUT2D eigenvalue weighted by Gasteiger charge is 2.06. The smallest absolute Gasteiger partial charge is 0.251 e. The Hall–Kier alpha value is -1.31. The monoisotopic (exact) mass is 268 g/mol. The van der Waals surface area contributed by atoms with Crippen LogP contribution in [0.5, 0.6) is 0 Å². The molecule has 0 spiro atoms. The van der Waals surface area contributed by atoms with Crippen LogP contribution in [0.4, 0.5) is 5.69 Å². The number of benzene rings is 1. The van der Waals surface area contributed by atoms with Crippen molar-refractivity contribution in [3.8, 4) is 12.3 Å². The van der Waals surface area contributed by atoms with Crippen molar-refractivity contribution in [3.05, 3.63) is 28.8 Å². The highest BCUT2D eigenvalue weighted by atomic mass is 35.5. The van der Waals surface area contributed by atoms with Gasteiger partial charge in [0.2, 0.25) is 0 Å². The number of anilines is 1. The van der Waals surface area contributed by atoms with Crippen LogP contribution >= 0.6 is 23.4 Å². The zero-order valence-electron chi connectivity index (χ0n) is 9.20. The molecule has 0 aliphatic rings. The van der Waals surface area contributed by atoms with Crippen LogP contribution in [0.2, 0.25) is 5.02 Å². The number of carbonyl (C=O) groups excluding carboxylic acids is 1. The number of halogens is 1. The van der Waals surface area contributed by atoms with Gasteiger partial charge in [0.1, 0.15) is 0 Å². The lowest BCUT2D eigenvalue weighted by molar-refractivity contribution is 0.0956. The lowest BCUT2D eigenvalue weighted by Crippen LogP contribution is -2.25. The van der Waals surface area contributed by atoms with Gasteiger partial charge in [0.05, 0.1) is 16.5 Å². The Labute approximate surface area is 110 Å². The van der Waals surface area contributed by atoms with Crippen LogP contribution in [0.15, 0.2) is 18.2 Å². The molecule has 0 aliphatic heterocycles. The van der Waals surface area contributed by atoms with E-state index >= 15 is 0 Å². The summed E-state index contributed by atoms with van der Waals surface area (Å²) in [6, 6.07) is 4.82. The molecule has 1 aromatic rings. The first-order valence-corrected chi connectivity index (χ1v) is 6.53. The van der Waals surface area contributed by atoms with E-state index in [4.69, 9.17) is 23.8 Å². The molecule has 0 atom stereocenters. The third-order valence-corrected chi connectivity index (χ3v) is 3.17. The maximum Gasteiger partial charge on any atom is 0.251 e. The molecule has 0 fully saturated rings. The predicted octanol–water partition coefficient (Wildman–Crippen LogP) is 2.02. The molecular formula is C12H13ClN2OS. The maximum absolute atomic E-state index is 11.7. The van der Waals surface area contributed by atoms with Gasteiger partial charge in [0.25, 0.3) is 5.91 Å². The van der Waals surface area contributed by atoms with E-state index in [2.05, 4.69) is 11.2 Å². The Morgan fingerprint density at radius 2 is 2.35 bits per heavy atom. The van der Waals surface area contributed by atoms with Gasteiger partial charge < -0.3 is 11.1 Å². The Bertz CT molecular complexity index is 443. The predicted molar refractivity (Wildman–Crippen MR) is 74.4 cm³/mol. The normalized spacial score (nSPS) is 9.65. The summed E-state index contributed by atoms with van der Waals surface area (Å²) >= 11 is 7.43. The van der Waals surface area contributed by atoms with Crippen LogP contribution < -0.4 is 11.1 Å². The van der Waals surface area contributed by atoms with Crippen molar-refractivity contribution in [1.29, 1.82) is 0 Å². The van der Waals surface area contributed by atoms with Crippen LogP contribution in [0.25, 0.3) is 0 Å². The average molecular weight is 269 g/mol. The SMILES string of the molecule is C#CCSCCNC(=O)c1ccc(N)c(Cl)c1. The molecule has 3 nitrogen and oxygen atoms in total. The highest BCUT2D eigenvalue weighted by Crippen LogP contribution is 2.19. The summed E-state index contributed by atoms with van der Waals surface area (Å²) in [5.74, 6) is 3.81. The largest absolute Gasteiger partial charge is 0.398 e. The number of carbonyl (C=O) groups is 1. The van der Waals surface area contributed by atoms with E-state index < -0.39 is 0 Å². The first-order chi connectivity index (χ1) is 8.15. The Morgan fingerprint density at radius 3 is 3.00 bits per heavy atom. The molecule has 1 amide bonds. The minimum atomic E-state index is -0.159. The van der Waals surface area contributed by atoms with Gasteiger partial charge in [0, 0.05) is 17.9 Å². The molecule has 1 aromatic carbocycles. The third-order valence-electron chi connectivity index (χ3n) is 1.98. The van der Waals surface area contributed by atoms with Crippen LogP contribution in [-0.2, 0) is 0 Å². The molecule has 0 saturated carbocycles. The molecular weight excluding hydrogens is 256 g/mol. The van der Waals surface area contributed by atoms with Gasteiger partial charge >= 0.3 is 0 Å². The first-order valence-electron chi connectivity index (χ1n) is 4.99. The van der Waals surface area contributed by atoms with E-state index in [9.17, 15) is 4.79 Å². The van der Waals surface area contributed by atoms with Gasteiger partial charge in [0.15, 0.2) is 0 Å². The van der Waals surface area contributed by atoms with Crippen LogP contribution in [0, 0.1) is 12.3 Å².